The summed E-state index contributed by atoms with van der Waals surface area (Å²) in [4.78, 5) is 4.47. The molecule has 0 aliphatic carbocycles. The molecule has 0 aromatic carbocycles. The van der Waals surface area contributed by atoms with Crippen LogP contribution in [-0.2, 0) is 14.8 Å². The van der Waals surface area contributed by atoms with Crippen LogP contribution in [0.2, 0.25) is 0 Å². The van der Waals surface area contributed by atoms with E-state index in [1.807, 2.05) is 18.7 Å². The fourth-order valence-corrected chi connectivity index (χ4v) is 5.97. The molecule has 3 fully saturated rings. The molecule has 3 rings (SSSR count). The van der Waals surface area contributed by atoms with E-state index in [1.165, 1.54) is 0 Å². The van der Waals surface area contributed by atoms with E-state index in [4.69, 9.17) is 4.74 Å². The van der Waals surface area contributed by atoms with Gasteiger partial charge in [-0.2, -0.15) is 11.8 Å². The second kappa shape index (κ2) is 8.25. The van der Waals surface area contributed by atoms with Crippen molar-refractivity contribution in [3.63, 3.8) is 0 Å². The first-order valence-electron chi connectivity index (χ1n) is 8.84. The normalized spacial score (nSPS) is 31.4. The van der Waals surface area contributed by atoms with Gasteiger partial charge in [0.1, 0.15) is 0 Å². The standard InChI is InChI=1S/C15H28N4O3S2/c1-2-16-15(18-13-11-12-3-4-14(13)22-12)17-5-10-24(20,21)19-6-8-23-9-7-19/h12-14H,2-11H2,1H3,(H2,16,17,18). The average Bonchev–Trinajstić information content (AvgIpc) is 3.18. The highest BCUT2D eigenvalue weighted by molar-refractivity contribution is 7.99. The van der Waals surface area contributed by atoms with Crippen LogP contribution in [-0.4, -0.2) is 80.4 Å². The minimum Gasteiger partial charge on any atom is -0.373 e. The van der Waals surface area contributed by atoms with Crippen molar-refractivity contribution < 1.29 is 13.2 Å². The summed E-state index contributed by atoms with van der Waals surface area (Å²) in [5.74, 6) is 2.54. The van der Waals surface area contributed by atoms with Crippen LogP contribution in [0.15, 0.2) is 4.99 Å². The number of aliphatic imine (C=N–C) groups is 1. The van der Waals surface area contributed by atoms with Crippen molar-refractivity contribution in [2.24, 2.45) is 4.99 Å². The molecule has 9 heteroatoms. The van der Waals surface area contributed by atoms with E-state index in [9.17, 15) is 8.42 Å². The zero-order valence-corrected chi connectivity index (χ0v) is 15.9. The Morgan fingerprint density at radius 2 is 2.12 bits per heavy atom. The highest BCUT2D eigenvalue weighted by Crippen LogP contribution is 2.34. The van der Waals surface area contributed by atoms with Crippen molar-refractivity contribution in [3.05, 3.63) is 0 Å². The van der Waals surface area contributed by atoms with E-state index in [1.54, 1.807) is 4.31 Å². The molecule has 3 heterocycles. The Morgan fingerprint density at radius 3 is 2.75 bits per heavy atom. The Labute approximate surface area is 149 Å². The molecule has 3 unspecified atom stereocenters. The molecule has 0 spiro atoms. The maximum absolute atomic E-state index is 12.4. The van der Waals surface area contributed by atoms with E-state index in [2.05, 4.69) is 15.6 Å². The zero-order chi connectivity index (χ0) is 17.0. The molecule has 3 saturated heterocycles. The lowest BCUT2D eigenvalue weighted by molar-refractivity contribution is 0.0992. The largest absolute Gasteiger partial charge is 0.373 e. The first kappa shape index (κ1) is 18.3. The lowest BCUT2D eigenvalue weighted by atomic mass is 9.96. The number of nitrogens with zero attached hydrogens (tertiary/aromatic N) is 2. The van der Waals surface area contributed by atoms with E-state index >= 15 is 0 Å². The number of ether oxygens (including phenoxy) is 1. The molecule has 138 valence electrons. The van der Waals surface area contributed by atoms with Crippen LogP contribution in [0.5, 0.6) is 0 Å². The zero-order valence-electron chi connectivity index (χ0n) is 14.2. The van der Waals surface area contributed by atoms with Gasteiger partial charge >= 0.3 is 0 Å². The SMILES string of the molecule is CCNC(=NCCS(=O)(=O)N1CCSCC1)NC1CC2CCC1O2. The summed E-state index contributed by atoms with van der Waals surface area (Å²) < 4.78 is 32.2. The van der Waals surface area contributed by atoms with Crippen LogP contribution in [0, 0.1) is 0 Å². The fraction of sp³-hybridized carbons (Fsp3) is 0.933. The van der Waals surface area contributed by atoms with Gasteiger partial charge in [0.05, 0.1) is 30.5 Å². The second-order valence-electron chi connectivity index (χ2n) is 6.45. The molecular weight excluding hydrogens is 348 g/mol. The molecule has 0 amide bonds. The molecule has 24 heavy (non-hydrogen) atoms. The number of sulfonamides is 1. The number of hydrogen-bond donors (Lipinski definition) is 2. The lowest BCUT2D eigenvalue weighted by Crippen LogP contribution is -2.47. The quantitative estimate of drug-likeness (QED) is 0.510. The van der Waals surface area contributed by atoms with E-state index in [-0.39, 0.29) is 24.4 Å². The predicted molar refractivity (Wildman–Crippen MR) is 98.1 cm³/mol. The molecule has 0 aromatic rings. The van der Waals surface area contributed by atoms with Gasteiger partial charge in [0.15, 0.2) is 5.96 Å². The van der Waals surface area contributed by atoms with Crippen LogP contribution in [0.1, 0.15) is 26.2 Å². The summed E-state index contributed by atoms with van der Waals surface area (Å²) in [5, 5.41) is 6.62. The number of nitrogens with one attached hydrogen (secondary N) is 2. The van der Waals surface area contributed by atoms with Crippen LogP contribution in [0.3, 0.4) is 0 Å². The highest BCUT2D eigenvalue weighted by atomic mass is 32.2. The number of guanidine groups is 1. The van der Waals surface area contributed by atoms with Crippen LogP contribution in [0.25, 0.3) is 0 Å². The monoisotopic (exact) mass is 376 g/mol. The van der Waals surface area contributed by atoms with Crippen LogP contribution >= 0.6 is 11.8 Å². The Balaban J connectivity index is 1.51. The van der Waals surface area contributed by atoms with Crippen molar-refractivity contribution in [3.8, 4) is 0 Å². The maximum Gasteiger partial charge on any atom is 0.215 e. The molecule has 3 aliphatic heterocycles. The van der Waals surface area contributed by atoms with Gasteiger partial charge in [0, 0.05) is 31.1 Å². The Bertz CT molecular complexity index is 549. The maximum atomic E-state index is 12.4. The van der Waals surface area contributed by atoms with Crippen molar-refractivity contribution in [2.45, 2.75) is 44.4 Å². The summed E-state index contributed by atoms with van der Waals surface area (Å²) in [5.41, 5.74) is 0. The smallest absolute Gasteiger partial charge is 0.215 e. The number of thioether (sulfide) groups is 1. The van der Waals surface area contributed by atoms with Gasteiger partial charge in [-0.15, -0.1) is 0 Å². The number of hydrogen-bond acceptors (Lipinski definition) is 5. The average molecular weight is 377 g/mol. The minimum atomic E-state index is -3.20. The molecule has 2 N–H and O–H groups in total. The predicted octanol–water partition coefficient (Wildman–Crippen LogP) is 0.240. The van der Waals surface area contributed by atoms with Gasteiger partial charge in [-0.3, -0.25) is 4.99 Å². The van der Waals surface area contributed by atoms with Gasteiger partial charge in [0.2, 0.25) is 10.0 Å². The first-order valence-corrected chi connectivity index (χ1v) is 11.6. The van der Waals surface area contributed by atoms with Crippen molar-refractivity contribution in [2.75, 3.05) is 43.4 Å². The Morgan fingerprint density at radius 1 is 1.33 bits per heavy atom. The van der Waals surface area contributed by atoms with Gasteiger partial charge in [-0.1, -0.05) is 0 Å². The van der Waals surface area contributed by atoms with Crippen molar-refractivity contribution in [1.82, 2.24) is 14.9 Å². The van der Waals surface area contributed by atoms with Gasteiger partial charge in [0.25, 0.3) is 0 Å². The van der Waals surface area contributed by atoms with E-state index < -0.39 is 10.0 Å². The molecule has 0 saturated carbocycles. The molecule has 3 aliphatic rings. The van der Waals surface area contributed by atoms with E-state index in [0.717, 1.165) is 37.3 Å². The number of fused-ring (bicyclic) bond motifs is 2. The molecular formula is C15H28N4O3S2. The number of rotatable bonds is 6. The van der Waals surface area contributed by atoms with Crippen LogP contribution < -0.4 is 10.6 Å². The molecule has 3 atom stereocenters. The van der Waals surface area contributed by atoms with Gasteiger partial charge in [-0.05, 0) is 26.2 Å². The van der Waals surface area contributed by atoms with Crippen molar-refractivity contribution >= 4 is 27.7 Å². The van der Waals surface area contributed by atoms with Gasteiger partial charge in [-0.25, -0.2) is 12.7 Å². The molecule has 2 bridgehead atoms. The highest BCUT2D eigenvalue weighted by Gasteiger charge is 2.41. The Hall–Kier alpha value is -0.510. The summed E-state index contributed by atoms with van der Waals surface area (Å²) in [6.07, 6.45) is 3.92. The first-order chi connectivity index (χ1) is 11.6. The molecule has 7 nitrogen and oxygen atoms in total. The lowest BCUT2D eigenvalue weighted by Gasteiger charge is -2.25. The molecule has 0 radical (unpaired) electrons. The summed E-state index contributed by atoms with van der Waals surface area (Å²) in [7, 11) is -3.20. The van der Waals surface area contributed by atoms with Gasteiger partial charge < -0.3 is 15.4 Å². The third kappa shape index (κ3) is 4.56. The third-order valence-corrected chi connectivity index (χ3v) is 7.55. The third-order valence-electron chi connectivity index (χ3n) is 4.75. The summed E-state index contributed by atoms with van der Waals surface area (Å²) in [6.45, 7) is 4.29. The summed E-state index contributed by atoms with van der Waals surface area (Å²) >= 11 is 1.81. The fourth-order valence-electron chi connectivity index (χ4n) is 3.51. The minimum absolute atomic E-state index is 0.0709. The van der Waals surface area contributed by atoms with Crippen molar-refractivity contribution in [1.29, 1.82) is 0 Å². The van der Waals surface area contributed by atoms with Crippen LogP contribution in [0.4, 0.5) is 0 Å². The summed E-state index contributed by atoms with van der Waals surface area (Å²) in [6, 6.07) is 0.289. The van der Waals surface area contributed by atoms with E-state index in [0.29, 0.717) is 25.2 Å². The topological polar surface area (TPSA) is 83.0 Å². The second-order valence-corrected chi connectivity index (χ2v) is 9.76. The Kier molecular flexibility index (Phi) is 6.28. The molecule has 0 aromatic heterocycles.